The first kappa shape index (κ1) is 15.0. The van der Waals surface area contributed by atoms with Crippen LogP contribution in [0.4, 0.5) is 0 Å². The average molecular weight is 317 g/mol. The summed E-state index contributed by atoms with van der Waals surface area (Å²) in [7, 11) is 0. The first-order chi connectivity index (χ1) is 10.3. The molecular weight excluding hydrogens is 300 g/mol. The maximum Gasteiger partial charge on any atom is 0.259 e. The summed E-state index contributed by atoms with van der Waals surface area (Å²) < 4.78 is 0. The van der Waals surface area contributed by atoms with Crippen molar-refractivity contribution >= 4 is 17.5 Å². The molecule has 1 aliphatic rings. The zero-order valence-electron chi connectivity index (χ0n) is 12.7. The largest absolute Gasteiger partial charge is 0.363 e. The molecule has 22 heavy (non-hydrogen) atoms. The Bertz CT molecular complexity index is 737. The third-order valence-electron chi connectivity index (χ3n) is 3.87. The predicted molar refractivity (Wildman–Crippen MR) is 84.6 cm³/mol. The molecule has 0 saturated carbocycles. The number of fused-ring (bicyclic) bond motifs is 1. The molecule has 1 unspecified atom stereocenters. The van der Waals surface area contributed by atoms with Crippen LogP contribution < -0.4 is 0 Å². The molecule has 0 aliphatic carbocycles. The lowest BCUT2D eigenvalue weighted by molar-refractivity contribution is -0.0876. The minimum absolute atomic E-state index is 0.229. The molecule has 1 amide bonds. The van der Waals surface area contributed by atoms with E-state index < -0.39 is 11.3 Å². The van der Waals surface area contributed by atoms with Crippen LogP contribution in [-0.2, 0) is 5.72 Å². The Hall–Kier alpha value is -1.91. The summed E-state index contributed by atoms with van der Waals surface area (Å²) in [6, 6.07) is 8.58. The van der Waals surface area contributed by atoms with Crippen LogP contribution in [0.2, 0.25) is 5.02 Å². The number of hydrogen-bond acceptors (Lipinski definition) is 3. The van der Waals surface area contributed by atoms with Gasteiger partial charge >= 0.3 is 0 Å². The summed E-state index contributed by atoms with van der Waals surface area (Å²) in [6.45, 7) is 5.68. The van der Waals surface area contributed by atoms with Gasteiger partial charge in [-0.15, -0.1) is 0 Å². The van der Waals surface area contributed by atoms with Crippen molar-refractivity contribution < 1.29 is 9.90 Å². The number of benzene rings is 1. The van der Waals surface area contributed by atoms with Crippen molar-refractivity contribution in [3.05, 3.63) is 64.4 Å². The highest BCUT2D eigenvalue weighted by Crippen LogP contribution is 2.45. The van der Waals surface area contributed by atoms with E-state index in [-0.39, 0.29) is 5.91 Å². The quantitative estimate of drug-likeness (QED) is 0.879. The first-order valence-corrected chi connectivity index (χ1v) is 7.41. The summed E-state index contributed by atoms with van der Waals surface area (Å²) in [5, 5.41) is 12.1. The van der Waals surface area contributed by atoms with Crippen molar-refractivity contribution in [1.82, 2.24) is 9.88 Å². The van der Waals surface area contributed by atoms with Crippen LogP contribution in [0.15, 0.2) is 42.7 Å². The monoisotopic (exact) mass is 316 g/mol. The molecule has 2 heterocycles. The Morgan fingerprint density at radius 1 is 1.18 bits per heavy atom. The number of nitrogens with zero attached hydrogens (tertiary/aromatic N) is 2. The third-order valence-corrected chi connectivity index (χ3v) is 4.12. The van der Waals surface area contributed by atoms with Crippen molar-refractivity contribution in [2.45, 2.75) is 32.0 Å². The van der Waals surface area contributed by atoms with Gasteiger partial charge in [-0.25, -0.2) is 0 Å². The Morgan fingerprint density at radius 2 is 1.82 bits per heavy atom. The highest BCUT2D eigenvalue weighted by atomic mass is 35.5. The summed E-state index contributed by atoms with van der Waals surface area (Å²) >= 11 is 5.95. The highest BCUT2D eigenvalue weighted by Gasteiger charge is 2.53. The van der Waals surface area contributed by atoms with Gasteiger partial charge in [-0.2, -0.15) is 0 Å². The Kier molecular flexibility index (Phi) is 3.27. The van der Waals surface area contributed by atoms with Gasteiger partial charge in [0, 0.05) is 34.1 Å². The second kappa shape index (κ2) is 4.80. The maximum atomic E-state index is 12.8. The fourth-order valence-corrected chi connectivity index (χ4v) is 3.14. The van der Waals surface area contributed by atoms with E-state index in [2.05, 4.69) is 4.98 Å². The summed E-state index contributed by atoms with van der Waals surface area (Å²) in [4.78, 5) is 18.3. The standard InChI is InChI=1S/C17H17ClN2O2/c1-16(2,3)20-15(21)13-10-19-9-8-14(13)17(20,22)11-4-6-12(18)7-5-11/h4-10,22H,1-3H3. The van der Waals surface area contributed by atoms with Crippen LogP contribution in [0, 0.1) is 0 Å². The van der Waals surface area contributed by atoms with Crippen molar-refractivity contribution in [2.75, 3.05) is 0 Å². The number of aliphatic hydroxyl groups is 1. The average Bonchev–Trinajstić information content (AvgIpc) is 2.69. The van der Waals surface area contributed by atoms with Crippen molar-refractivity contribution in [2.24, 2.45) is 0 Å². The molecule has 114 valence electrons. The van der Waals surface area contributed by atoms with E-state index >= 15 is 0 Å². The number of amides is 1. The molecule has 1 aromatic heterocycles. The number of carbonyl (C=O) groups excluding carboxylic acids is 1. The molecule has 1 N–H and O–H groups in total. The van der Waals surface area contributed by atoms with E-state index in [1.807, 2.05) is 20.8 Å². The number of aromatic nitrogens is 1. The molecule has 4 nitrogen and oxygen atoms in total. The first-order valence-electron chi connectivity index (χ1n) is 7.04. The van der Waals surface area contributed by atoms with E-state index in [1.54, 1.807) is 36.5 Å². The number of rotatable bonds is 1. The van der Waals surface area contributed by atoms with Crippen LogP contribution in [0.25, 0.3) is 0 Å². The van der Waals surface area contributed by atoms with Crippen LogP contribution in [0.1, 0.15) is 42.3 Å². The molecule has 0 bridgehead atoms. The van der Waals surface area contributed by atoms with E-state index in [0.29, 0.717) is 21.7 Å². The van der Waals surface area contributed by atoms with E-state index in [4.69, 9.17) is 11.6 Å². The van der Waals surface area contributed by atoms with Gasteiger partial charge in [0.25, 0.3) is 5.91 Å². The van der Waals surface area contributed by atoms with Gasteiger partial charge in [-0.1, -0.05) is 23.7 Å². The highest BCUT2D eigenvalue weighted by molar-refractivity contribution is 6.30. The minimum Gasteiger partial charge on any atom is -0.363 e. The van der Waals surface area contributed by atoms with E-state index in [0.717, 1.165) is 0 Å². The lowest BCUT2D eigenvalue weighted by Crippen LogP contribution is -2.54. The van der Waals surface area contributed by atoms with Crippen LogP contribution in [0.3, 0.4) is 0 Å². The molecule has 0 spiro atoms. The molecule has 1 atom stereocenters. The lowest BCUT2D eigenvalue weighted by Gasteiger charge is -2.43. The molecule has 0 radical (unpaired) electrons. The second-order valence-corrected chi connectivity index (χ2v) is 6.85. The molecular formula is C17H17ClN2O2. The van der Waals surface area contributed by atoms with Gasteiger partial charge in [-0.05, 0) is 39.0 Å². The summed E-state index contributed by atoms with van der Waals surface area (Å²) in [5.41, 5.74) is -0.521. The molecule has 2 aromatic rings. The zero-order valence-corrected chi connectivity index (χ0v) is 13.4. The molecule has 3 rings (SSSR count). The van der Waals surface area contributed by atoms with Crippen molar-refractivity contribution in [1.29, 1.82) is 0 Å². The van der Waals surface area contributed by atoms with Crippen LogP contribution >= 0.6 is 11.6 Å². The molecule has 1 aromatic carbocycles. The van der Waals surface area contributed by atoms with Gasteiger partial charge in [0.1, 0.15) is 0 Å². The van der Waals surface area contributed by atoms with Gasteiger partial charge in [0.05, 0.1) is 5.56 Å². The third kappa shape index (κ3) is 2.02. The molecule has 1 aliphatic heterocycles. The maximum absolute atomic E-state index is 12.8. The number of halogens is 1. The smallest absolute Gasteiger partial charge is 0.259 e. The number of hydrogen-bond donors (Lipinski definition) is 1. The van der Waals surface area contributed by atoms with Crippen molar-refractivity contribution in [3.8, 4) is 0 Å². The summed E-state index contributed by atoms with van der Waals surface area (Å²) in [6.07, 6.45) is 3.09. The lowest BCUT2D eigenvalue weighted by atomic mass is 9.92. The number of pyridine rings is 1. The number of carbonyl (C=O) groups is 1. The Morgan fingerprint density at radius 3 is 2.41 bits per heavy atom. The fourth-order valence-electron chi connectivity index (χ4n) is 3.01. The Labute approximate surface area is 134 Å². The summed E-state index contributed by atoms with van der Waals surface area (Å²) in [5.74, 6) is -0.229. The second-order valence-electron chi connectivity index (χ2n) is 6.41. The minimum atomic E-state index is -1.53. The molecule has 0 fully saturated rings. The normalized spacial score (nSPS) is 21.1. The van der Waals surface area contributed by atoms with Crippen LogP contribution in [-0.4, -0.2) is 26.4 Å². The van der Waals surface area contributed by atoms with Gasteiger partial charge in [0.2, 0.25) is 0 Å². The Balaban J connectivity index is 2.29. The van der Waals surface area contributed by atoms with E-state index in [1.165, 1.54) is 11.1 Å². The van der Waals surface area contributed by atoms with E-state index in [9.17, 15) is 9.90 Å². The predicted octanol–water partition coefficient (Wildman–Crippen LogP) is 3.18. The SMILES string of the molecule is CC(C)(C)N1C(=O)c2cnccc2C1(O)c1ccc(Cl)cc1. The van der Waals surface area contributed by atoms with Gasteiger partial charge in [-0.3, -0.25) is 14.7 Å². The van der Waals surface area contributed by atoms with Gasteiger partial charge in [0.15, 0.2) is 5.72 Å². The zero-order chi connectivity index (χ0) is 16.1. The topological polar surface area (TPSA) is 53.4 Å². The fraction of sp³-hybridized carbons (Fsp3) is 0.294. The van der Waals surface area contributed by atoms with Crippen molar-refractivity contribution in [3.63, 3.8) is 0 Å². The van der Waals surface area contributed by atoms with Gasteiger partial charge < -0.3 is 5.11 Å². The molecule has 5 heteroatoms. The molecule has 0 saturated heterocycles. The van der Waals surface area contributed by atoms with Crippen LogP contribution in [0.5, 0.6) is 0 Å².